The number of hydrogen-bond acceptors (Lipinski definition) is 3. The molecule has 0 unspecified atom stereocenters. The number of hydrogen-bond donors (Lipinski definition) is 1. The highest BCUT2D eigenvalue weighted by molar-refractivity contribution is 6.26. The SMILES string of the molecule is CC1=NNC(=O)C1=Cc1ccc(-n2nc(-c3ccccc3)cc2-c2ccccc2)cc1. The van der Waals surface area contributed by atoms with E-state index in [1.54, 1.807) is 0 Å². The summed E-state index contributed by atoms with van der Waals surface area (Å²) in [5.74, 6) is -0.174. The molecule has 3 aromatic carbocycles. The molecule has 150 valence electrons. The topological polar surface area (TPSA) is 59.3 Å². The normalized spacial score (nSPS) is 14.5. The molecule has 1 amide bonds. The summed E-state index contributed by atoms with van der Waals surface area (Å²) in [4.78, 5) is 11.9. The lowest BCUT2D eigenvalue weighted by Gasteiger charge is -2.08. The first kappa shape index (κ1) is 18.8. The van der Waals surface area contributed by atoms with E-state index in [1.807, 2.05) is 78.3 Å². The highest BCUT2D eigenvalue weighted by Crippen LogP contribution is 2.29. The number of aromatic nitrogens is 2. The first-order valence-corrected chi connectivity index (χ1v) is 10.1. The van der Waals surface area contributed by atoms with E-state index in [2.05, 4.69) is 40.9 Å². The molecule has 31 heavy (non-hydrogen) atoms. The van der Waals surface area contributed by atoms with Crippen LogP contribution in [-0.4, -0.2) is 21.4 Å². The summed E-state index contributed by atoms with van der Waals surface area (Å²) in [6.07, 6.45) is 1.85. The molecule has 0 bridgehead atoms. The molecule has 0 radical (unpaired) electrons. The molecule has 0 spiro atoms. The zero-order valence-electron chi connectivity index (χ0n) is 17.0. The van der Waals surface area contributed by atoms with Gasteiger partial charge >= 0.3 is 0 Å². The quantitative estimate of drug-likeness (QED) is 0.481. The van der Waals surface area contributed by atoms with Crippen LogP contribution < -0.4 is 5.43 Å². The van der Waals surface area contributed by atoms with E-state index in [4.69, 9.17) is 5.10 Å². The molecule has 1 aliphatic rings. The minimum atomic E-state index is -0.174. The molecular formula is C26H20N4O. The minimum absolute atomic E-state index is 0.174. The third kappa shape index (κ3) is 3.69. The summed E-state index contributed by atoms with van der Waals surface area (Å²) in [6.45, 7) is 1.82. The fourth-order valence-corrected chi connectivity index (χ4v) is 3.61. The zero-order valence-corrected chi connectivity index (χ0v) is 17.0. The van der Waals surface area contributed by atoms with Crippen LogP contribution in [0.2, 0.25) is 0 Å². The van der Waals surface area contributed by atoms with Crippen LogP contribution in [0.4, 0.5) is 0 Å². The lowest BCUT2D eigenvalue weighted by Crippen LogP contribution is -2.12. The van der Waals surface area contributed by atoms with Gasteiger partial charge in [0.15, 0.2) is 0 Å². The molecule has 2 heterocycles. The van der Waals surface area contributed by atoms with Crippen LogP contribution in [0, 0.1) is 0 Å². The number of amides is 1. The summed E-state index contributed by atoms with van der Waals surface area (Å²) >= 11 is 0. The molecule has 5 rings (SSSR count). The summed E-state index contributed by atoms with van der Waals surface area (Å²) < 4.78 is 1.96. The Bertz CT molecular complexity index is 1300. The Kier molecular flexibility index (Phi) is 4.77. The second-order valence-electron chi connectivity index (χ2n) is 7.35. The van der Waals surface area contributed by atoms with Crippen molar-refractivity contribution in [3.05, 3.63) is 102 Å². The van der Waals surface area contributed by atoms with Crippen molar-refractivity contribution in [2.45, 2.75) is 6.92 Å². The maximum Gasteiger partial charge on any atom is 0.273 e. The van der Waals surface area contributed by atoms with Crippen molar-refractivity contribution in [2.24, 2.45) is 5.10 Å². The highest BCUT2D eigenvalue weighted by atomic mass is 16.2. The van der Waals surface area contributed by atoms with E-state index in [1.165, 1.54) is 0 Å². The minimum Gasteiger partial charge on any atom is -0.267 e. The van der Waals surface area contributed by atoms with E-state index >= 15 is 0 Å². The van der Waals surface area contributed by atoms with Gasteiger partial charge < -0.3 is 0 Å². The molecule has 5 heteroatoms. The fraction of sp³-hybridized carbons (Fsp3) is 0.0385. The summed E-state index contributed by atoms with van der Waals surface area (Å²) in [7, 11) is 0. The van der Waals surface area contributed by atoms with Crippen molar-refractivity contribution in [2.75, 3.05) is 0 Å². The van der Waals surface area contributed by atoms with Crippen molar-refractivity contribution in [1.29, 1.82) is 0 Å². The molecule has 1 aliphatic heterocycles. The number of rotatable bonds is 4. The predicted molar refractivity (Wildman–Crippen MR) is 124 cm³/mol. The van der Waals surface area contributed by atoms with Gasteiger partial charge in [-0.1, -0.05) is 72.8 Å². The Morgan fingerprint density at radius 2 is 1.48 bits per heavy atom. The van der Waals surface area contributed by atoms with Crippen molar-refractivity contribution in [1.82, 2.24) is 15.2 Å². The zero-order chi connectivity index (χ0) is 21.2. The van der Waals surface area contributed by atoms with Crippen molar-refractivity contribution < 1.29 is 4.79 Å². The average molecular weight is 404 g/mol. The molecule has 0 fully saturated rings. The summed E-state index contributed by atoms with van der Waals surface area (Å²) in [6, 6.07) is 30.5. The Balaban J connectivity index is 1.56. The Labute approximate surface area is 180 Å². The van der Waals surface area contributed by atoms with Crippen LogP contribution >= 0.6 is 0 Å². The van der Waals surface area contributed by atoms with Gasteiger partial charge in [-0.05, 0) is 36.8 Å². The molecule has 0 atom stereocenters. The summed E-state index contributed by atoms with van der Waals surface area (Å²) in [5, 5.41) is 8.87. The van der Waals surface area contributed by atoms with Gasteiger partial charge in [-0.3, -0.25) is 4.79 Å². The highest BCUT2D eigenvalue weighted by Gasteiger charge is 2.18. The van der Waals surface area contributed by atoms with Gasteiger partial charge in [0.25, 0.3) is 5.91 Å². The number of nitrogens with zero attached hydrogens (tertiary/aromatic N) is 3. The third-order valence-corrected chi connectivity index (χ3v) is 5.26. The molecule has 0 aliphatic carbocycles. The second kappa shape index (κ2) is 7.88. The summed E-state index contributed by atoms with van der Waals surface area (Å²) in [5.41, 5.74) is 9.75. The Morgan fingerprint density at radius 1 is 0.839 bits per heavy atom. The number of benzene rings is 3. The standard InChI is InChI=1S/C26H20N4O/c1-18-23(26(31)28-27-18)16-19-12-14-22(15-13-19)30-25(21-10-6-3-7-11-21)17-24(29-30)20-8-4-2-5-9-20/h2-17H,1H3,(H,28,31). The maximum atomic E-state index is 11.9. The van der Waals surface area contributed by atoms with Gasteiger partial charge in [-0.25, -0.2) is 10.1 Å². The lowest BCUT2D eigenvalue weighted by atomic mass is 10.1. The molecule has 1 N–H and O–H groups in total. The Hall–Kier alpha value is -4.25. The van der Waals surface area contributed by atoms with Crippen LogP contribution in [0.5, 0.6) is 0 Å². The van der Waals surface area contributed by atoms with Crippen LogP contribution in [-0.2, 0) is 4.79 Å². The van der Waals surface area contributed by atoms with Gasteiger partial charge in [-0.15, -0.1) is 0 Å². The molecular weight excluding hydrogens is 384 g/mol. The molecule has 4 aromatic rings. The van der Waals surface area contributed by atoms with Gasteiger partial charge in [-0.2, -0.15) is 10.2 Å². The third-order valence-electron chi connectivity index (χ3n) is 5.26. The molecule has 0 saturated heterocycles. The van der Waals surface area contributed by atoms with E-state index in [-0.39, 0.29) is 5.91 Å². The van der Waals surface area contributed by atoms with Crippen molar-refractivity contribution in [3.63, 3.8) is 0 Å². The van der Waals surface area contributed by atoms with Crippen LogP contribution in [0.1, 0.15) is 12.5 Å². The maximum absolute atomic E-state index is 11.9. The number of carbonyl (C=O) groups excluding carboxylic acids is 1. The van der Waals surface area contributed by atoms with E-state index < -0.39 is 0 Å². The largest absolute Gasteiger partial charge is 0.273 e. The van der Waals surface area contributed by atoms with Gasteiger partial charge in [0.1, 0.15) is 0 Å². The van der Waals surface area contributed by atoms with E-state index in [9.17, 15) is 4.79 Å². The average Bonchev–Trinajstić information content (AvgIpc) is 3.40. The van der Waals surface area contributed by atoms with Gasteiger partial charge in [0, 0.05) is 11.1 Å². The van der Waals surface area contributed by atoms with Crippen molar-refractivity contribution >= 4 is 17.7 Å². The van der Waals surface area contributed by atoms with Crippen LogP contribution in [0.25, 0.3) is 34.3 Å². The predicted octanol–water partition coefficient (Wildman–Crippen LogP) is 5.10. The number of carbonyl (C=O) groups is 1. The fourth-order valence-electron chi connectivity index (χ4n) is 3.61. The molecule has 1 aromatic heterocycles. The Morgan fingerprint density at radius 3 is 2.10 bits per heavy atom. The van der Waals surface area contributed by atoms with Gasteiger partial charge in [0.05, 0.1) is 28.4 Å². The molecule has 0 saturated carbocycles. The monoisotopic (exact) mass is 404 g/mol. The smallest absolute Gasteiger partial charge is 0.267 e. The van der Waals surface area contributed by atoms with Crippen LogP contribution in [0.15, 0.2) is 102 Å². The first-order chi connectivity index (χ1) is 15.2. The van der Waals surface area contributed by atoms with Crippen LogP contribution in [0.3, 0.4) is 0 Å². The van der Waals surface area contributed by atoms with Crippen molar-refractivity contribution in [3.8, 4) is 28.2 Å². The first-order valence-electron chi connectivity index (χ1n) is 10.1. The second-order valence-corrected chi connectivity index (χ2v) is 7.35. The van der Waals surface area contributed by atoms with Gasteiger partial charge in [0.2, 0.25) is 0 Å². The number of nitrogens with one attached hydrogen (secondary N) is 1. The van der Waals surface area contributed by atoms with E-state index in [0.717, 1.165) is 33.8 Å². The molecule has 5 nitrogen and oxygen atoms in total. The van der Waals surface area contributed by atoms with E-state index in [0.29, 0.717) is 11.3 Å². The lowest BCUT2D eigenvalue weighted by molar-refractivity contribution is -0.116. The number of hydrazone groups is 1.